The Morgan fingerprint density at radius 2 is 1.90 bits per heavy atom. The Morgan fingerprint density at radius 3 is 2.58 bits per heavy atom. The number of nitrogens with zero attached hydrogens (tertiary/aromatic N) is 4. The maximum Gasteiger partial charge on any atom is 0.270 e. The van der Waals surface area contributed by atoms with E-state index in [1.807, 2.05) is 24.3 Å². The van der Waals surface area contributed by atoms with E-state index >= 15 is 0 Å². The largest absolute Gasteiger partial charge is 0.497 e. The van der Waals surface area contributed by atoms with Gasteiger partial charge in [-0.05, 0) is 43.6 Å². The summed E-state index contributed by atoms with van der Waals surface area (Å²) in [6.45, 7) is 2.18. The fraction of sp³-hybridized carbons (Fsp3) is 0.391. The molecule has 2 aliphatic rings. The van der Waals surface area contributed by atoms with Crippen LogP contribution >= 0.6 is 0 Å². The highest BCUT2D eigenvalue weighted by Crippen LogP contribution is 2.34. The third-order valence-corrected chi connectivity index (χ3v) is 5.86. The number of rotatable bonds is 6. The highest BCUT2D eigenvalue weighted by Gasteiger charge is 2.34. The predicted molar refractivity (Wildman–Crippen MR) is 117 cm³/mol. The first-order chi connectivity index (χ1) is 15.0. The SMILES string of the molecule is COc1ccc([C@H]2CC(c3cccc([N+](=O)[O-])c3)=NN2C(=O)CN2CCCCC2)cc1. The molecule has 0 bridgehead atoms. The number of benzene rings is 2. The highest BCUT2D eigenvalue weighted by molar-refractivity contribution is 6.03. The van der Waals surface area contributed by atoms with Crippen molar-refractivity contribution in [2.24, 2.45) is 5.10 Å². The number of hydrogen-bond donors (Lipinski definition) is 0. The molecular formula is C23H26N4O4. The molecule has 0 unspecified atom stereocenters. The maximum absolute atomic E-state index is 13.2. The molecule has 8 heteroatoms. The summed E-state index contributed by atoms with van der Waals surface area (Å²) in [6, 6.07) is 13.8. The van der Waals surface area contributed by atoms with Gasteiger partial charge in [0.05, 0.1) is 30.3 Å². The zero-order chi connectivity index (χ0) is 21.8. The second-order valence-electron chi connectivity index (χ2n) is 7.92. The number of carbonyl (C=O) groups excluding carboxylic acids is 1. The molecule has 1 fully saturated rings. The summed E-state index contributed by atoms with van der Waals surface area (Å²) in [5.74, 6) is 0.691. The third-order valence-electron chi connectivity index (χ3n) is 5.86. The average Bonchev–Trinajstić information content (AvgIpc) is 3.26. The lowest BCUT2D eigenvalue weighted by atomic mass is 9.98. The zero-order valence-corrected chi connectivity index (χ0v) is 17.6. The summed E-state index contributed by atoms with van der Waals surface area (Å²) in [5.41, 5.74) is 2.31. The third kappa shape index (κ3) is 4.74. The first-order valence-electron chi connectivity index (χ1n) is 10.6. The van der Waals surface area contributed by atoms with E-state index in [9.17, 15) is 14.9 Å². The molecule has 0 saturated carbocycles. The second kappa shape index (κ2) is 9.26. The zero-order valence-electron chi connectivity index (χ0n) is 17.6. The molecule has 1 atom stereocenters. The van der Waals surface area contributed by atoms with Crippen LogP contribution in [0.1, 0.15) is 42.9 Å². The van der Waals surface area contributed by atoms with Crippen molar-refractivity contribution in [3.8, 4) is 5.75 Å². The monoisotopic (exact) mass is 422 g/mol. The van der Waals surface area contributed by atoms with Crippen LogP contribution in [0.2, 0.25) is 0 Å². The minimum atomic E-state index is -0.417. The van der Waals surface area contributed by atoms with Gasteiger partial charge >= 0.3 is 0 Å². The van der Waals surface area contributed by atoms with Crippen LogP contribution in [0.25, 0.3) is 0 Å². The molecule has 2 heterocycles. The lowest BCUT2D eigenvalue weighted by molar-refractivity contribution is -0.384. The van der Waals surface area contributed by atoms with Crippen molar-refractivity contribution in [3.05, 3.63) is 69.8 Å². The van der Waals surface area contributed by atoms with E-state index in [1.54, 1.807) is 24.3 Å². The van der Waals surface area contributed by atoms with Crippen molar-refractivity contribution in [1.29, 1.82) is 0 Å². The number of hydrogen-bond acceptors (Lipinski definition) is 6. The second-order valence-corrected chi connectivity index (χ2v) is 7.92. The number of carbonyl (C=O) groups is 1. The van der Waals surface area contributed by atoms with Crippen molar-refractivity contribution in [2.75, 3.05) is 26.7 Å². The van der Waals surface area contributed by atoms with Gasteiger partial charge in [-0.25, -0.2) is 5.01 Å². The minimum Gasteiger partial charge on any atom is -0.497 e. The summed E-state index contributed by atoms with van der Waals surface area (Å²) in [4.78, 5) is 26.2. The number of likely N-dealkylation sites (tertiary alicyclic amines) is 1. The molecule has 31 heavy (non-hydrogen) atoms. The molecule has 0 aliphatic carbocycles. The molecule has 8 nitrogen and oxygen atoms in total. The number of nitro groups is 1. The molecule has 2 aliphatic heterocycles. The molecule has 0 spiro atoms. The summed E-state index contributed by atoms with van der Waals surface area (Å²) >= 11 is 0. The van der Waals surface area contributed by atoms with Crippen molar-refractivity contribution in [1.82, 2.24) is 9.91 Å². The summed E-state index contributed by atoms with van der Waals surface area (Å²) in [6.07, 6.45) is 3.92. The van der Waals surface area contributed by atoms with Crippen molar-refractivity contribution >= 4 is 17.3 Å². The van der Waals surface area contributed by atoms with Gasteiger partial charge in [-0.1, -0.05) is 30.7 Å². The van der Waals surface area contributed by atoms with Gasteiger partial charge in [0.15, 0.2) is 0 Å². The molecule has 4 rings (SSSR count). The maximum atomic E-state index is 13.2. The Morgan fingerprint density at radius 1 is 1.16 bits per heavy atom. The van der Waals surface area contributed by atoms with Crippen molar-refractivity contribution in [3.63, 3.8) is 0 Å². The van der Waals surface area contributed by atoms with Crippen molar-refractivity contribution in [2.45, 2.75) is 31.7 Å². The van der Waals surface area contributed by atoms with E-state index in [-0.39, 0.29) is 17.6 Å². The molecule has 2 aromatic carbocycles. The smallest absolute Gasteiger partial charge is 0.270 e. The Bertz CT molecular complexity index is 983. The Kier molecular flexibility index (Phi) is 6.27. The van der Waals surface area contributed by atoms with E-state index in [0.29, 0.717) is 24.2 Å². The molecular weight excluding hydrogens is 396 g/mol. The average molecular weight is 422 g/mol. The predicted octanol–water partition coefficient (Wildman–Crippen LogP) is 3.77. The van der Waals surface area contributed by atoms with Gasteiger partial charge in [-0.2, -0.15) is 5.10 Å². The Balaban J connectivity index is 1.62. The summed E-state index contributed by atoms with van der Waals surface area (Å²) in [5, 5.41) is 17.4. The van der Waals surface area contributed by atoms with Crippen LogP contribution in [0.4, 0.5) is 5.69 Å². The van der Waals surface area contributed by atoms with Gasteiger partial charge in [-0.15, -0.1) is 0 Å². The first kappa shape index (κ1) is 21.0. The molecule has 0 N–H and O–H groups in total. The fourth-order valence-corrected chi connectivity index (χ4v) is 4.18. The van der Waals surface area contributed by atoms with E-state index in [2.05, 4.69) is 10.0 Å². The summed E-state index contributed by atoms with van der Waals surface area (Å²) in [7, 11) is 1.61. The number of nitro benzene ring substituents is 1. The van der Waals surface area contributed by atoms with E-state index in [1.165, 1.54) is 18.6 Å². The van der Waals surface area contributed by atoms with Gasteiger partial charge in [0.2, 0.25) is 0 Å². The summed E-state index contributed by atoms with van der Waals surface area (Å²) < 4.78 is 5.25. The van der Waals surface area contributed by atoms with Crippen LogP contribution in [0.3, 0.4) is 0 Å². The number of hydrazone groups is 1. The number of piperidine rings is 1. The first-order valence-corrected chi connectivity index (χ1v) is 10.6. The highest BCUT2D eigenvalue weighted by atomic mass is 16.6. The lowest BCUT2D eigenvalue weighted by Crippen LogP contribution is -2.40. The molecule has 0 aromatic heterocycles. The molecule has 162 valence electrons. The normalized spacial score (nSPS) is 19.2. The van der Waals surface area contributed by atoms with Crippen LogP contribution in [-0.4, -0.2) is 53.2 Å². The van der Waals surface area contributed by atoms with Crippen LogP contribution < -0.4 is 4.74 Å². The quantitative estimate of drug-likeness (QED) is 0.522. The molecule has 2 aromatic rings. The number of non-ortho nitro benzene ring substituents is 1. The van der Waals surface area contributed by atoms with Crippen LogP contribution in [-0.2, 0) is 4.79 Å². The van der Waals surface area contributed by atoms with Crippen LogP contribution in [0, 0.1) is 10.1 Å². The van der Waals surface area contributed by atoms with Gasteiger partial charge in [-0.3, -0.25) is 19.8 Å². The minimum absolute atomic E-state index is 0.0132. The van der Waals surface area contributed by atoms with Crippen molar-refractivity contribution < 1.29 is 14.5 Å². The Hall–Kier alpha value is -3.26. The van der Waals surface area contributed by atoms with E-state index in [0.717, 1.165) is 37.2 Å². The Labute approximate surface area is 181 Å². The number of amides is 1. The lowest BCUT2D eigenvalue weighted by Gasteiger charge is -2.29. The van der Waals surface area contributed by atoms with Crippen LogP contribution in [0.15, 0.2) is 53.6 Å². The topological polar surface area (TPSA) is 88.3 Å². The van der Waals surface area contributed by atoms with Gasteiger partial charge in [0.1, 0.15) is 5.75 Å². The fourth-order valence-electron chi connectivity index (χ4n) is 4.18. The standard InChI is InChI=1S/C23H26N4O4/c1-31-20-10-8-17(9-11-20)22-15-21(18-6-5-7-19(14-18)27(29)30)24-26(22)23(28)16-25-12-3-2-4-13-25/h5-11,14,22H,2-4,12-13,15-16H2,1H3/t22-/m1/s1. The molecule has 1 amide bonds. The number of methoxy groups -OCH3 is 1. The molecule has 0 radical (unpaired) electrons. The van der Waals surface area contributed by atoms with Crippen LogP contribution in [0.5, 0.6) is 5.75 Å². The molecule has 1 saturated heterocycles. The van der Waals surface area contributed by atoms with Gasteiger partial charge in [0, 0.05) is 24.1 Å². The van der Waals surface area contributed by atoms with E-state index < -0.39 is 4.92 Å². The van der Waals surface area contributed by atoms with Gasteiger partial charge in [0.25, 0.3) is 11.6 Å². The number of ether oxygens (including phenoxy) is 1. The van der Waals surface area contributed by atoms with Gasteiger partial charge < -0.3 is 4.74 Å². The van der Waals surface area contributed by atoms with E-state index in [4.69, 9.17) is 4.74 Å².